The molecule has 1 saturated heterocycles. The minimum atomic E-state index is 0.638. The van der Waals surface area contributed by atoms with Crippen LogP contribution in [0, 0.1) is 0 Å². The van der Waals surface area contributed by atoms with Gasteiger partial charge in [-0.2, -0.15) is 0 Å². The zero-order valence-corrected chi connectivity index (χ0v) is 10.8. The monoisotopic (exact) mass is 213 g/mol. The van der Waals surface area contributed by atoms with E-state index in [2.05, 4.69) is 43.1 Å². The van der Waals surface area contributed by atoms with Crippen LogP contribution in [0.5, 0.6) is 0 Å². The minimum absolute atomic E-state index is 0.638. The lowest BCUT2D eigenvalue weighted by Gasteiger charge is -2.30. The van der Waals surface area contributed by atoms with Gasteiger partial charge in [0.25, 0.3) is 0 Å². The van der Waals surface area contributed by atoms with E-state index in [9.17, 15) is 0 Å². The SMILES string of the molecule is CCNCC(C)N(C)CC1CCCN1C. The maximum Gasteiger partial charge on any atom is 0.0220 e. The van der Waals surface area contributed by atoms with Crippen LogP contribution in [0.3, 0.4) is 0 Å². The molecule has 0 aromatic rings. The average molecular weight is 213 g/mol. The highest BCUT2D eigenvalue weighted by atomic mass is 15.2. The molecule has 0 saturated carbocycles. The van der Waals surface area contributed by atoms with Gasteiger partial charge in [0.2, 0.25) is 0 Å². The maximum atomic E-state index is 3.41. The van der Waals surface area contributed by atoms with E-state index < -0.39 is 0 Å². The summed E-state index contributed by atoms with van der Waals surface area (Å²) in [5.74, 6) is 0. The largest absolute Gasteiger partial charge is 0.315 e. The normalized spacial score (nSPS) is 25.0. The summed E-state index contributed by atoms with van der Waals surface area (Å²) in [7, 11) is 4.49. The Morgan fingerprint density at radius 2 is 2.27 bits per heavy atom. The van der Waals surface area contributed by atoms with Crippen molar-refractivity contribution in [1.29, 1.82) is 0 Å². The van der Waals surface area contributed by atoms with E-state index in [1.165, 1.54) is 25.9 Å². The molecule has 1 fully saturated rings. The van der Waals surface area contributed by atoms with E-state index in [0.717, 1.165) is 19.1 Å². The summed E-state index contributed by atoms with van der Waals surface area (Å²) < 4.78 is 0. The Kier molecular flexibility index (Phi) is 5.58. The van der Waals surface area contributed by atoms with Gasteiger partial charge in [-0.3, -0.25) is 0 Å². The molecular formula is C12H27N3. The van der Waals surface area contributed by atoms with Crippen molar-refractivity contribution in [2.45, 2.75) is 38.8 Å². The third-order valence-electron chi connectivity index (χ3n) is 3.61. The van der Waals surface area contributed by atoms with Crippen LogP contribution in [0.15, 0.2) is 0 Å². The Morgan fingerprint density at radius 1 is 1.53 bits per heavy atom. The van der Waals surface area contributed by atoms with Crippen LogP contribution in [0.25, 0.3) is 0 Å². The number of nitrogens with zero attached hydrogens (tertiary/aromatic N) is 2. The van der Waals surface area contributed by atoms with Gasteiger partial charge in [0, 0.05) is 25.2 Å². The summed E-state index contributed by atoms with van der Waals surface area (Å²) in [6, 6.07) is 1.41. The number of likely N-dealkylation sites (N-methyl/N-ethyl adjacent to an activating group) is 3. The summed E-state index contributed by atoms with van der Waals surface area (Å²) in [6.45, 7) is 9.13. The van der Waals surface area contributed by atoms with E-state index in [1.54, 1.807) is 0 Å². The highest BCUT2D eigenvalue weighted by Gasteiger charge is 2.23. The number of hydrogen-bond acceptors (Lipinski definition) is 3. The summed E-state index contributed by atoms with van der Waals surface area (Å²) >= 11 is 0. The van der Waals surface area contributed by atoms with Gasteiger partial charge in [-0.1, -0.05) is 6.92 Å². The van der Waals surface area contributed by atoms with Crippen molar-refractivity contribution in [2.75, 3.05) is 40.3 Å². The Morgan fingerprint density at radius 3 is 2.80 bits per heavy atom. The van der Waals surface area contributed by atoms with Crippen molar-refractivity contribution in [2.24, 2.45) is 0 Å². The lowest BCUT2D eigenvalue weighted by Crippen LogP contribution is -2.44. The molecule has 90 valence electrons. The van der Waals surface area contributed by atoms with Gasteiger partial charge in [0.15, 0.2) is 0 Å². The van der Waals surface area contributed by atoms with Gasteiger partial charge in [0.05, 0.1) is 0 Å². The van der Waals surface area contributed by atoms with Crippen LogP contribution in [0.1, 0.15) is 26.7 Å². The molecule has 0 aromatic carbocycles. The van der Waals surface area contributed by atoms with Crippen LogP contribution < -0.4 is 5.32 Å². The molecule has 1 heterocycles. The molecule has 0 aliphatic carbocycles. The van der Waals surface area contributed by atoms with E-state index >= 15 is 0 Å². The first-order valence-corrected chi connectivity index (χ1v) is 6.26. The van der Waals surface area contributed by atoms with Gasteiger partial charge in [-0.25, -0.2) is 0 Å². The maximum absolute atomic E-state index is 3.41. The van der Waals surface area contributed by atoms with Crippen molar-refractivity contribution in [3.8, 4) is 0 Å². The summed E-state index contributed by atoms with van der Waals surface area (Å²) in [5.41, 5.74) is 0. The van der Waals surface area contributed by atoms with Crippen LogP contribution in [0.4, 0.5) is 0 Å². The van der Waals surface area contributed by atoms with Gasteiger partial charge in [-0.15, -0.1) is 0 Å². The van der Waals surface area contributed by atoms with Gasteiger partial charge in [0.1, 0.15) is 0 Å². The van der Waals surface area contributed by atoms with E-state index in [-0.39, 0.29) is 0 Å². The molecular weight excluding hydrogens is 186 g/mol. The minimum Gasteiger partial charge on any atom is -0.315 e. The molecule has 0 bridgehead atoms. The fourth-order valence-electron chi connectivity index (χ4n) is 2.23. The quantitative estimate of drug-likeness (QED) is 0.710. The van der Waals surface area contributed by atoms with Gasteiger partial charge >= 0.3 is 0 Å². The van der Waals surface area contributed by atoms with Crippen LogP contribution in [-0.2, 0) is 0 Å². The average Bonchev–Trinajstić information content (AvgIpc) is 2.61. The number of nitrogens with one attached hydrogen (secondary N) is 1. The molecule has 15 heavy (non-hydrogen) atoms. The molecule has 2 unspecified atom stereocenters. The van der Waals surface area contributed by atoms with Crippen molar-refractivity contribution < 1.29 is 0 Å². The number of likely N-dealkylation sites (tertiary alicyclic amines) is 1. The fourth-order valence-corrected chi connectivity index (χ4v) is 2.23. The standard InChI is InChI=1S/C12H27N3/c1-5-13-9-11(2)15(4)10-12-7-6-8-14(12)3/h11-13H,5-10H2,1-4H3. The first-order valence-electron chi connectivity index (χ1n) is 6.26. The summed E-state index contributed by atoms with van der Waals surface area (Å²) in [5, 5.41) is 3.41. The second kappa shape index (κ2) is 6.46. The summed E-state index contributed by atoms with van der Waals surface area (Å²) in [6.07, 6.45) is 2.74. The van der Waals surface area contributed by atoms with E-state index in [1.807, 2.05) is 0 Å². The van der Waals surface area contributed by atoms with E-state index in [4.69, 9.17) is 0 Å². The molecule has 1 N–H and O–H groups in total. The lowest BCUT2D eigenvalue weighted by atomic mass is 10.2. The van der Waals surface area contributed by atoms with Crippen molar-refractivity contribution in [1.82, 2.24) is 15.1 Å². The highest BCUT2D eigenvalue weighted by Crippen LogP contribution is 2.15. The number of rotatable bonds is 6. The topological polar surface area (TPSA) is 18.5 Å². The van der Waals surface area contributed by atoms with Crippen molar-refractivity contribution in [3.63, 3.8) is 0 Å². The molecule has 0 aromatic heterocycles. The molecule has 1 aliphatic rings. The molecule has 0 spiro atoms. The first kappa shape index (κ1) is 12.9. The third kappa shape index (κ3) is 4.09. The summed E-state index contributed by atoms with van der Waals surface area (Å²) in [4.78, 5) is 4.98. The zero-order valence-electron chi connectivity index (χ0n) is 10.8. The first-order chi connectivity index (χ1) is 7.15. The molecule has 0 radical (unpaired) electrons. The third-order valence-corrected chi connectivity index (χ3v) is 3.61. The second-order valence-corrected chi connectivity index (χ2v) is 4.87. The lowest BCUT2D eigenvalue weighted by molar-refractivity contribution is 0.182. The van der Waals surface area contributed by atoms with Crippen molar-refractivity contribution in [3.05, 3.63) is 0 Å². The molecule has 3 heteroatoms. The predicted octanol–water partition coefficient (Wildman–Crippen LogP) is 1.01. The Hall–Kier alpha value is -0.120. The highest BCUT2D eigenvalue weighted by molar-refractivity contribution is 4.80. The predicted molar refractivity (Wildman–Crippen MR) is 66.3 cm³/mol. The molecule has 0 amide bonds. The fraction of sp³-hybridized carbons (Fsp3) is 1.00. The number of hydrogen-bond donors (Lipinski definition) is 1. The molecule has 1 aliphatic heterocycles. The molecule has 1 rings (SSSR count). The van der Waals surface area contributed by atoms with Crippen LogP contribution in [-0.4, -0.2) is 62.2 Å². The van der Waals surface area contributed by atoms with E-state index in [0.29, 0.717) is 6.04 Å². The Balaban J connectivity index is 2.24. The van der Waals surface area contributed by atoms with Crippen molar-refractivity contribution >= 4 is 0 Å². The molecule has 3 nitrogen and oxygen atoms in total. The van der Waals surface area contributed by atoms with Gasteiger partial charge < -0.3 is 15.1 Å². The second-order valence-electron chi connectivity index (χ2n) is 4.87. The van der Waals surface area contributed by atoms with Crippen LogP contribution in [0.2, 0.25) is 0 Å². The zero-order chi connectivity index (χ0) is 11.3. The smallest absolute Gasteiger partial charge is 0.0220 e. The van der Waals surface area contributed by atoms with Crippen LogP contribution >= 0.6 is 0 Å². The van der Waals surface area contributed by atoms with Gasteiger partial charge in [-0.05, 0) is 47.0 Å². The molecule has 2 atom stereocenters. The Bertz CT molecular complexity index is 172. The Labute approximate surface area is 94.8 Å².